The van der Waals surface area contributed by atoms with Crippen LogP contribution < -0.4 is 5.73 Å². The van der Waals surface area contributed by atoms with Crippen LogP contribution in [0.1, 0.15) is 11.1 Å². The van der Waals surface area contributed by atoms with Gasteiger partial charge in [-0.15, -0.1) is 0 Å². The third-order valence-electron chi connectivity index (χ3n) is 2.81. The molecule has 0 saturated carbocycles. The Bertz CT molecular complexity index is 661. The van der Waals surface area contributed by atoms with Crippen LogP contribution in [0.3, 0.4) is 0 Å². The number of benzene rings is 2. The molecule has 0 fully saturated rings. The van der Waals surface area contributed by atoms with Crippen molar-refractivity contribution < 1.29 is 17.4 Å². The van der Waals surface area contributed by atoms with E-state index in [0.29, 0.717) is 17.2 Å². The lowest BCUT2D eigenvalue weighted by molar-refractivity contribution is 0.562. The van der Waals surface area contributed by atoms with E-state index in [1.54, 1.807) is 0 Å². The number of nitrogens with two attached hydrogens (primary N) is 1. The van der Waals surface area contributed by atoms with Crippen LogP contribution in [0.15, 0.2) is 41.3 Å². The Morgan fingerprint density at radius 3 is 2.25 bits per heavy atom. The molecule has 2 N–H and O–H groups in total. The molecule has 0 radical (unpaired) electrons. The van der Waals surface area contributed by atoms with Crippen molar-refractivity contribution in [3.63, 3.8) is 0 Å². The van der Waals surface area contributed by atoms with Crippen molar-refractivity contribution >= 4 is 10.8 Å². The summed E-state index contributed by atoms with van der Waals surface area (Å²) in [6, 6.07) is 6.83. The van der Waals surface area contributed by atoms with Gasteiger partial charge in [-0.2, -0.15) is 0 Å². The first-order chi connectivity index (χ1) is 9.51. The maximum atomic E-state index is 13.5. The van der Waals surface area contributed by atoms with Crippen molar-refractivity contribution in [2.45, 2.75) is 17.2 Å². The minimum absolute atomic E-state index is 0.00460. The highest BCUT2D eigenvalue weighted by atomic mass is 32.2. The summed E-state index contributed by atoms with van der Waals surface area (Å²) in [5.41, 5.74) is 6.59. The minimum Gasteiger partial charge on any atom is -0.326 e. The zero-order valence-corrected chi connectivity index (χ0v) is 11.2. The fourth-order valence-electron chi connectivity index (χ4n) is 1.80. The first-order valence-corrected chi connectivity index (χ1v) is 7.14. The molecule has 6 heteroatoms. The lowest BCUT2D eigenvalue weighted by atomic mass is 10.1. The second-order valence-electron chi connectivity index (χ2n) is 4.18. The lowest BCUT2D eigenvalue weighted by Gasteiger charge is -2.08. The molecule has 0 aliphatic carbocycles. The van der Waals surface area contributed by atoms with Crippen LogP contribution in [0.2, 0.25) is 0 Å². The van der Waals surface area contributed by atoms with E-state index in [1.165, 1.54) is 18.2 Å². The van der Waals surface area contributed by atoms with E-state index >= 15 is 0 Å². The van der Waals surface area contributed by atoms with E-state index < -0.39 is 28.3 Å². The number of hydrogen-bond acceptors (Lipinski definition) is 2. The van der Waals surface area contributed by atoms with Crippen molar-refractivity contribution in [2.75, 3.05) is 0 Å². The molecular weight excluding hydrogens is 287 g/mol. The molecule has 0 aliphatic heterocycles. The van der Waals surface area contributed by atoms with Gasteiger partial charge in [-0.05, 0) is 35.4 Å². The van der Waals surface area contributed by atoms with Crippen molar-refractivity contribution in [1.82, 2.24) is 0 Å². The van der Waals surface area contributed by atoms with E-state index in [9.17, 15) is 17.4 Å². The van der Waals surface area contributed by atoms with Crippen LogP contribution >= 0.6 is 0 Å². The highest BCUT2D eigenvalue weighted by Crippen LogP contribution is 2.19. The van der Waals surface area contributed by atoms with Crippen molar-refractivity contribution in [1.29, 1.82) is 0 Å². The Labute approximate surface area is 116 Å². The van der Waals surface area contributed by atoms with Gasteiger partial charge in [0.1, 0.15) is 17.5 Å². The first-order valence-electron chi connectivity index (χ1n) is 5.82. The Hall–Kier alpha value is -1.66. The highest BCUT2D eigenvalue weighted by molar-refractivity contribution is 7.84. The lowest BCUT2D eigenvalue weighted by Crippen LogP contribution is -2.06. The predicted molar refractivity (Wildman–Crippen MR) is 70.8 cm³/mol. The third-order valence-corrected chi connectivity index (χ3v) is 4.21. The van der Waals surface area contributed by atoms with Gasteiger partial charge in [0, 0.05) is 12.6 Å². The largest absolute Gasteiger partial charge is 0.326 e. The van der Waals surface area contributed by atoms with Crippen LogP contribution in [0, 0.1) is 17.5 Å². The second kappa shape index (κ2) is 6.19. The average molecular weight is 299 g/mol. The first kappa shape index (κ1) is 14.7. The molecule has 0 heterocycles. The van der Waals surface area contributed by atoms with Gasteiger partial charge in [-0.25, -0.2) is 13.2 Å². The average Bonchev–Trinajstić information content (AvgIpc) is 2.40. The highest BCUT2D eigenvalue weighted by Gasteiger charge is 2.13. The van der Waals surface area contributed by atoms with Gasteiger partial charge in [0.25, 0.3) is 0 Å². The van der Waals surface area contributed by atoms with E-state index in [2.05, 4.69) is 0 Å². The zero-order valence-electron chi connectivity index (χ0n) is 10.4. The maximum Gasteiger partial charge on any atom is 0.142 e. The zero-order chi connectivity index (χ0) is 14.7. The van der Waals surface area contributed by atoms with Crippen LogP contribution in [0.5, 0.6) is 0 Å². The molecule has 1 unspecified atom stereocenters. The number of hydrogen-bond donors (Lipinski definition) is 1. The molecule has 0 aliphatic rings. The molecule has 0 aromatic heterocycles. The minimum atomic E-state index is -1.69. The van der Waals surface area contributed by atoms with Crippen LogP contribution in [-0.2, 0) is 23.1 Å². The van der Waals surface area contributed by atoms with Crippen molar-refractivity contribution in [3.05, 3.63) is 65.0 Å². The van der Waals surface area contributed by atoms with Gasteiger partial charge < -0.3 is 5.73 Å². The van der Waals surface area contributed by atoms with Crippen LogP contribution in [-0.4, -0.2) is 4.21 Å². The van der Waals surface area contributed by atoms with E-state index in [-0.39, 0.29) is 17.2 Å². The summed E-state index contributed by atoms with van der Waals surface area (Å²) in [7, 11) is -1.69. The molecule has 0 amide bonds. The quantitative estimate of drug-likeness (QED) is 0.943. The molecule has 20 heavy (non-hydrogen) atoms. The van der Waals surface area contributed by atoms with Gasteiger partial charge >= 0.3 is 0 Å². The number of halogens is 3. The maximum absolute atomic E-state index is 13.5. The van der Waals surface area contributed by atoms with Gasteiger partial charge in [0.2, 0.25) is 0 Å². The fourth-order valence-corrected chi connectivity index (χ4v) is 3.02. The second-order valence-corrected chi connectivity index (χ2v) is 5.60. The van der Waals surface area contributed by atoms with Gasteiger partial charge in [-0.1, -0.05) is 6.07 Å². The molecule has 1 atom stereocenters. The molecule has 2 aromatic carbocycles. The third kappa shape index (κ3) is 3.26. The monoisotopic (exact) mass is 299 g/mol. The molecule has 106 valence electrons. The summed E-state index contributed by atoms with van der Waals surface area (Å²) in [6.45, 7) is 0.0934. The normalized spacial score (nSPS) is 12.4. The predicted octanol–water partition coefficient (Wildman–Crippen LogP) is 2.87. The van der Waals surface area contributed by atoms with E-state index in [1.807, 2.05) is 0 Å². The summed E-state index contributed by atoms with van der Waals surface area (Å²) in [6.07, 6.45) is 0. The molecule has 0 bridgehead atoms. The molecular formula is C14H12F3NOS. The smallest absolute Gasteiger partial charge is 0.142 e. The Morgan fingerprint density at radius 1 is 0.950 bits per heavy atom. The fraction of sp³-hybridized carbons (Fsp3) is 0.143. The summed E-state index contributed by atoms with van der Waals surface area (Å²) in [4.78, 5) is -0.0845. The Morgan fingerprint density at radius 2 is 1.60 bits per heavy atom. The topological polar surface area (TPSA) is 43.1 Å². The van der Waals surface area contributed by atoms with Gasteiger partial charge in [-0.3, -0.25) is 4.21 Å². The van der Waals surface area contributed by atoms with E-state index in [4.69, 9.17) is 5.73 Å². The molecule has 0 spiro atoms. The molecule has 0 saturated heterocycles. The van der Waals surface area contributed by atoms with Gasteiger partial charge in [0.05, 0.1) is 21.4 Å². The summed E-state index contributed by atoms with van der Waals surface area (Å²) >= 11 is 0. The Kier molecular flexibility index (Phi) is 4.57. The molecule has 2 aromatic rings. The SMILES string of the molecule is NCc1cc(F)ccc1CS(=O)c1ccc(F)cc1F. The van der Waals surface area contributed by atoms with Crippen molar-refractivity contribution in [3.8, 4) is 0 Å². The van der Waals surface area contributed by atoms with Crippen molar-refractivity contribution in [2.24, 2.45) is 5.73 Å². The summed E-state index contributed by atoms with van der Waals surface area (Å²) in [5.74, 6) is -2.03. The molecule has 2 nitrogen and oxygen atoms in total. The van der Waals surface area contributed by atoms with E-state index in [0.717, 1.165) is 12.1 Å². The molecule has 2 rings (SSSR count). The van der Waals surface area contributed by atoms with Crippen LogP contribution in [0.25, 0.3) is 0 Å². The standard InChI is InChI=1S/C14H12F3NOS/c15-11-2-1-9(10(5-11)7-18)8-20(19)14-4-3-12(16)6-13(14)17/h1-6H,7-8,18H2. The summed E-state index contributed by atoms with van der Waals surface area (Å²) < 4.78 is 51.5. The summed E-state index contributed by atoms with van der Waals surface area (Å²) in [5, 5.41) is 0. The van der Waals surface area contributed by atoms with Gasteiger partial charge in [0.15, 0.2) is 0 Å². The van der Waals surface area contributed by atoms with Crippen LogP contribution in [0.4, 0.5) is 13.2 Å². The Balaban J connectivity index is 2.28. The number of rotatable bonds is 4.